The quantitative estimate of drug-likeness (QED) is 0.603. The molecule has 1 fully saturated rings. The van der Waals surface area contributed by atoms with Gasteiger partial charge in [-0.3, -0.25) is 0 Å². The van der Waals surface area contributed by atoms with Crippen LogP contribution in [0, 0.1) is 0 Å². The van der Waals surface area contributed by atoms with Crippen molar-refractivity contribution in [3.63, 3.8) is 0 Å². The Labute approximate surface area is 98.8 Å². The normalized spacial score (nSPS) is 32.2. The first-order valence-electron chi connectivity index (χ1n) is 2.48. The van der Waals surface area contributed by atoms with Crippen molar-refractivity contribution in [1.82, 2.24) is 0 Å². The summed E-state index contributed by atoms with van der Waals surface area (Å²) in [5.74, 6) is 0.302. The van der Waals surface area contributed by atoms with Crippen molar-refractivity contribution in [2.45, 2.75) is 12.3 Å². The summed E-state index contributed by atoms with van der Waals surface area (Å²) in [5.41, 5.74) is 0. The van der Waals surface area contributed by atoms with E-state index in [0.717, 1.165) is 11.8 Å². The van der Waals surface area contributed by atoms with Crippen molar-refractivity contribution >= 4 is 81.4 Å². The molecule has 0 bridgehead atoms. The highest BCUT2D eigenvalue weighted by molar-refractivity contribution is 8.04. The van der Waals surface area contributed by atoms with E-state index in [1.165, 1.54) is 0 Å². The molecule has 0 atom stereocenters. The third-order valence-electron chi connectivity index (χ3n) is 1.26. The highest BCUT2D eigenvalue weighted by Crippen LogP contribution is 2.65. The van der Waals surface area contributed by atoms with Gasteiger partial charge in [-0.25, -0.2) is 0 Å². The van der Waals surface area contributed by atoms with E-state index < -0.39 is 12.3 Å². The van der Waals surface area contributed by atoms with Crippen LogP contribution in [0.5, 0.6) is 0 Å². The Bertz CT molecular complexity index is 157. The van der Waals surface area contributed by atoms with Crippen LogP contribution in [0.15, 0.2) is 0 Å². The molecule has 0 saturated carbocycles. The lowest BCUT2D eigenvalue weighted by atomic mass is 10.3. The highest BCUT2D eigenvalue weighted by Gasteiger charge is 2.66. The van der Waals surface area contributed by atoms with Crippen molar-refractivity contribution in [2.24, 2.45) is 0 Å². The van der Waals surface area contributed by atoms with E-state index >= 15 is 0 Å². The van der Waals surface area contributed by atoms with Crippen LogP contribution in [0.1, 0.15) is 0 Å². The van der Waals surface area contributed by atoms with Crippen molar-refractivity contribution in [1.29, 1.82) is 0 Å². The molecule has 1 saturated heterocycles. The van der Waals surface area contributed by atoms with Crippen LogP contribution < -0.4 is 0 Å². The molecule has 7 heteroatoms. The van der Waals surface area contributed by atoms with Crippen molar-refractivity contribution < 1.29 is 0 Å². The maximum Gasteiger partial charge on any atom is 0.199 e. The number of hydrogen-bond acceptors (Lipinski definition) is 1. The van der Waals surface area contributed by atoms with Crippen molar-refractivity contribution in [3.8, 4) is 0 Å². The topological polar surface area (TPSA) is 0 Å². The SMILES string of the molecule is ClC1(Cl)CSC(Cl)(Cl)C1(Cl)Cl. The van der Waals surface area contributed by atoms with Crippen LogP contribution in [-0.4, -0.2) is 18.1 Å². The minimum atomic E-state index is -1.54. The van der Waals surface area contributed by atoms with Crippen LogP contribution in [0.4, 0.5) is 0 Å². The Morgan fingerprint density at radius 2 is 1.36 bits per heavy atom. The summed E-state index contributed by atoms with van der Waals surface area (Å²) < 4.78 is -4.19. The number of hydrogen-bond donors (Lipinski definition) is 0. The van der Waals surface area contributed by atoms with Crippen molar-refractivity contribution in [3.05, 3.63) is 0 Å². The molecule has 66 valence electrons. The number of rotatable bonds is 0. The Kier molecular flexibility index (Phi) is 3.09. The Balaban J connectivity index is 3.00. The Morgan fingerprint density at radius 1 is 0.909 bits per heavy atom. The standard InChI is InChI=1S/C4H2Cl6S/c5-2(6)1-11-4(9,10)3(2,7)8/h1H2. The third-order valence-corrected chi connectivity index (χ3v) is 7.09. The molecule has 0 radical (unpaired) electrons. The van der Waals surface area contributed by atoms with E-state index in [4.69, 9.17) is 69.6 Å². The van der Waals surface area contributed by atoms with Crippen molar-refractivity contribution in [2.75, 3.05) is 5.75 Å². The lowest BCUT2D eigenvalue weighted by molar-refractivity contribution is 0.765. The monoisotopic (exact) mass is 292 g/mol. The molecule has 1 aliphatic heterocycles. The summed E-state index contributed by atoms with van der Waals surface area (Å²) in [5, 5.41) is 0. The third kappa shape index (κ3) is 1.68. The lowest BCUT2D eigenvalue weighted by Crippen LogP contribution is -2.41. The van der Waals surface area contributed by atoms with Crippen LogP contribution >= 0.6 is 81.4 Å². The molecule has 0 aliphatic carbocycles. The van der Waals surface area contributed by atoms with Gasteiger partial charge >= 0.3 is 0 Å². The summed E-state index contributed by atoms with van der Waals surface area (Å²) in [4.78, 5) is 0. The molecule has 1 aliphatic rings. The van der Waals surface area contributed by atoms with Gasteiger partial charge in [0.15, 0.2) is 12.3 Å². The van der Waals surface area contributed by atoms with Gasteiger partial charge in [-0.1, -0.05) is 69.6 Å². The largest absolute Gasteiger partial charge is 0.199 e. The first-order chi connectivity index (χ1) is 4.71. The molecule has 0 nitrogen and oxygen atoms in total. The molecule has 0 aromatic heterocycles. The van der Waals surface area contributed by atoms with E-state index in [1.807, 2.05) is 0 Å². The van der Waals surface area contributed by atoms with E-state index in [0.29, 0.717) is 5.75 Å². The number of thioether (sulfide) groups is 1. The zero-order valence-electron chi connectivity index (χ0n) is 4.88. The summed E-state index contributed by atoms with van der Waals surface area (Å²) in [7, 11) is 0. The molecule has 0 spiro atoms. The molecule has 0 amide bonds. The summed E-state index contributed by atoms with van der Waals surface area (Å²) in [6, 6.07) is 0. The average molecular weight is 295 g/mol. The van der Waals surface area contributed by atoms with Crippen LogP contribution in [0.25, 0.3) is 0 Å². The van der Waals surface area contributed by atoms with E-state index in [9.17, 15) is 0 Å². The molecule has 0 N–H and O–H groups in total. The zero-order valence-corrected chi connectivity index (χ0v) is 10.2. The number of alkyl halides is 6. The second-order valence-corrected chi connectivity index (χ2v) is 7.86. The molecule has 0 aromatic carbocycles. The van der Waals surface area contributed by atoms with Gasteiger partial charge < -0.3 is 0 Å². The molecular formula is C4H2Cl6S. The average Bonchev–Trinajstić information content (AvgIpc) is 1.93. The molecule has 1 rings (SSSR count). The van der Waals surface area contributed by atoms with Gasteiger partial charge in [0.05, 0.1) is 0 Å². The van der Waals surface area contributed by atoms with Gasteiger partial charge in [-0.2, -0.15) is 0 Å². The molecule has 1 heterocycles. The maximum atomic E-state index is 5.77. The highest BCUT2D eigenvalue weighted by atomic mass is 35.5. The predicted molar refractivity (Wildman–Crippen MR) is 55.8 cm³/mol. The van der Waals surface area contributed by atoms with Crippen LogP contribution in [-0.2, 0) is 0 Å². The second-order valence-electron chi connectivity index (χ2n) is 2.08. The van der Waals surface area contributed by atoms with E-state index in [-0.39, 0.29) is 0 Å². The van der Waals surface area contributed by atoms with Crippen LogP contribution in [0.3, 0.4) is 0 Å². The molecule has 0 unspecified atom stereocenters. The molecule has 11 heavy (non-hydrogen) atoms. The number of halogens is 6. The first-order valence-corrected chi connectivity index (χ1v) is 5.73. The zero-order chi connectivity index (χ0) is 8.91. The van der Waals surface area contributed by atoms with Gasteiger partial charge in [0.25, 0.3) is 0 Å². The maximum absolute atomic E-state index is 5.77. The van der Waals surface area contributed by atoms with E-state index in [2.05, 4.69) is 0 Å². The minimum absolute atomic E-state index is 0.302. The van der Waals surface area contributed by atoms with Crippen LogP contribution in [0.2, 0.25) is 0 Å². The predicted octanol–water partition coefficient (Wildman–Crippen LogP) is 4.21. The summed E-state index contributed by atoms with van der Waals surface area (Å²) in [6.45, 7) is 0. The molecular weight excluding hydrogens is 293 g/mol. The summed E-state index contributed by atoms with van der Waals surface area (Å²) in [6.07, 6.45) is 0. The smallest absolute Gasteiger partial charge is 0.117 e. The van der Waals surface area contributed by atoms with Gasteiger partial charge in [-0.05, 0) is 0 Å². The summed E-state index contributed by atoms with van der Waals surface area (Å²) >= 11 is 35.6. The minimum Gasteiger partial charge on any atom is -0.117 e. The second kappa shape index (κ2) is 3.05. The van der Waals surface area contributed by atoms with Gasteiger partial charge in [0.2, 0.25) is 0 Å². The van der Waals surface area contributed by atoms with E-state index in [1.54, 1.807) is 0 Å². The van der Waals surface area contributed by atoms with Gasteiger partial charge in [-0.15, -0.1) is 11.8 Å². The van der Waals surface area contributed by atoms with Gasteiger partial charge in [0.1, 0.15) is 0 Å². The fourth-order valence-electron chi connectivity index (χ4n) is 0.575. The lowest BCUT2D eigenvalue weighted by Gasteiger charge is -2.30. The first kappa shape index (κ1) is 11.2. The Morgan fingerprint density at radius 3 is 1.45 bits per heavy atom. The fraction of sp³-hybridized carbons (Fsp3) is 1.00. The van der Waals surface area contributed by atoms with Gasteiger partial charge in [0, 0.05) is 5.75 Å². The molecule has 0 aromatic rings. The Hall–Kier alpha value is 2.09. The fourth-order valence-corrected chi connectivity index (χ4v) is 3.70.